The van der Waals surface area contributed by atoms with Gasteiger partial charge in [0.1, 0.15) is 11.6 Å². The minimum absolute atomic E-state index is 0.0497. The molecular weight excluding hydrogens is 232 g/mol. The molecule has 18 heavy (non-hydrogen) atoms. The molecule has 0 amide bonds. The van der Waals surface area contributed by atoms with Crippen LogP contribution >= 0.6 is 0 Å². The molecule has 2 aromatic carbocycles. The van der Waals surface area contributed by atoms with E-state index in [-0.39, 0.29) is 6.04 Å². The van der Waals surface area contributed by atoms with Crippen LogP contribution in [-0.4, -0.2) is 0 Å². The summed E-state index contributed by atoms with van der Waals surface area (Å²) in [6, 6.07) is 9.66. The van der Waals surface area contributed by atoms with Gasteiger partial charge in [0, 0.05) is 11.8 Å². The zero-order chi connectivity index (χ0) is 12.7. The second-order valence-electron chi connectivity index (χ2n) is 4.70. The third-order valence-electron chi connectivity index (χ3n) is 3.44. The lowest BCUT2D eigenvalue weighted by Crippen LogP contribution is -2.06. The topological polar surface area (TPSA) is 12.0 Å². The average Bonchev–Trinajstić information content (AvgIpc) is 2.73. The summed E-state index contributed by atoms with van der Waals surface area (Å²) in [7, 11) is 0. The van der Waals surface area contributed by atoms with Crippen molar-refractivity contribution >= 4 is 5.69 Å². The molecule has 3 rings (SSSR count). The number of hydrogen-bond acceptors (Lipinski definition) is 1. The predicted molar refractivity (Wildman–Crippen MR) is 67.6 cm³/mol. The molecule has 0 fully saturated rings. The van der Waals surface area contributed by atoms with Gasteiger partial charge >= 0.3 is 0 Å². The van der Waals surface area contributed by atoms with E-state index in [1.807, 2.05) is 12.1 Å². The van der Waals surface area contributed by atoms with E-state index < -0.39 is 11.6 Å². The number of fused-ring (bicyclic) bond motifs is 1. The van der Waals surface area contributed by atoms with Gasteiger partial charge in [0.25, 0.3) is 0 Å². The molecule has 0 saturated heterocycles. The van der Waals surface area contributed by atoms with Gasteiger partial charge in [-0.3, -0.25) is 0 Å². The van der Waals surface area contributed by atoms with E-state index >= 15 is 0 Å². The maximum absolute atomic E-state index is 13.2. The molecule has 0 spiro atoms. The number of benzene rings is 2. The average molecular weight is 245 g/mol. The van der Waals surface area contributed by atoms with E-state index in [4.69, 9.17) is 0 Å². The van der Waals surface area contributed by atoms with Gasteiger partial charge in [0.05, 0.1) is 6.04 Å². The highest BCUT2D eigenvalue weighted by Gasteiger charge is 2.23. The monoisotopic (exact) mass is 245 g/mol. The molecule has 2 aromatic rings. The molecule has 1 aliphatic rings. The standard InChI is InChI=1S/C15H13F2N/c1-9-3-2-4-14-13(9)8-15(18-14)10-5-11(16)7-12(17)6-10/h2-7,15,18H,8H2,1H3. The van der Waals surface area contributed by atoms with E-state index in [2.05, 4.69) is 18.3 Å². The second-order valence-corrected chi connectivity index (χ2v) is 4.70. The third-order valence-corrected chi connectivity index (χ3v) is 3.44. The molecule has 0 saturated carbocycles. The first-order valence-corrected chi connectivity index (χ1v) is 5.94. The molecule has 92 valence electrons. The van der Waals surface area contributed by atoms with E-state index in [0.717, 1.165) is 18.2 Å². The molecule has 0 aromatic heterocycles. The molecular formula is C15H13F2N. The van der Waals surface area contributed by atoms with Crippen LogP contribution in [0.2, 0.25) is 0 Å². The quantitative estimate of drug-likeness (QED) is 0.801. The van der Waals surface area contributed by atoms with Crippen LogP contribution in [0.4, 0.5) is 14.5 Å². The normalized spacial score (nSPS) is 17.4. The van der Waals surface area contributed by atoms with Crippen molar-refractivity contribution in [3.05, 3.63) is 64.7 Å². The molecule has 1 unspecified atom stereocenters. The Kier molecular flexibility index (Phi) is 2.54. The smallest absolute Gasteiger partial charge is 0.126 e. The Hall–Kier alpha value is -1.90. The Morgan fingerprint density at radius 2 is 1.83 bits per heavy atom. The Labute approximate surface area is 104 Å². The van der Waals surface area contributed by atoms with E-state index in [0.29, 0.717) is 5.56 Å². The van der Waals surface area contributed by atoms with Crippen molar-refractivity contribution < 1.29 is 8.78 Å². The second kappa shape index (κ2) is 4.09. The predicted octanol–water partition coefficient (Wildman–Crippen LogP) is 3.98. The van der Waals surface area contributed by atoms with Crippen molar-refractivity contribution in [2.24, 2.45) is 0 Å². The number of aryl methyl sites for hydroxylation is 1. The van der Waals surface area contributed by atoms with Crippen LogP contribution in [0.5, 0.6) is 0 Å². The van der Waals surface area contributed by atoms with Gasteiger partial charge in [-0.05, 0) is 48.2 Å². The maximum atomic E-state index is 13.2. The summed E-state index contributed by atoms with van der Waals surface area (Å²) in [4.78, 5) is 0. The van der Waals surface area contributed by atoms with E-state index in [9.17, 15) is 8.78 Å². The lowest BCUT2D eigenvalue weighted by molar-refractivity contribution is 0.576. The molecule has 1 atom stereocenters. The van der Waals surface area contributed by atoms with Crippen LogP contribution < -0.4 is 5.32 Å². The lowest BCUT2D eigenvalue weighted by Gasteiger charge is -2.11. The van der Waals surface area contributed by atoms with Crippen molar-refractivity contribution in [2.75, 3.05) is 5.32 Å². The number of hydrogen-bond donors (Lipinski definition) is 1. The summed E-state index contributed by atoms with van der Waals surface area (Å²) in [6.45, 7) is 2.05. The fourth-order valence-corrected chi connectivity index (χ4v) is 2.53. The fraction of sp³-hybridized carbons (Fsp3) is 0.200. The molecule has 0 radical (unpaired) electrons. The first kappa shape index (κ1) is 11.2. The van der Waals surface area contributed by atoms with Crippen LogP contribution in [0.25, 0.3) is 0 Å². The summed E-state index contributed by atoms with van der Waals surface area (Å²) in [6.07, 6.45) is 0.769. The highest BCUT2D eigenvalue weighted by atomic mass is 19.1. The zero-order valence-electron chi connectivity index (χ0n) is 10.0. The summed E-state index contributed by atoms with van der Waals surface area (Å²) in [5.41, 5.74) is 4.15. The van der Waals surface area contributed by atoms with Crippen LogP contribution in [0.3, 0.4) is 0 Å². The van der Waals surface area contributed by atoms with Gasteiger partial charge in [-0.15, -0.1) is 0 Å². The summed E-state index contributed by atoms with van der Waals surface area (Å²) < 4.78 is 26.4. The van der Waals surface area contributed by atoms with Crippen molar-refractivity contribution in [2.45, 2.75) is 19.4 Å². The highest BCUT2D eigenvalue weighted by Crippen LogP contribution is 2.36. The number of anilines is 1. The van der Waals surface area contributed by atoms with Gasteiger partial charge in [-0.2, -0.15) is 0 Å². The number of rotatable bonds is 1. The molecule has 3 heteroatoms. The van der Waals surface area contributed by atoms with Crippen molar-refractivity contribution in [3.63, 3.8) is 0 Å². The minimum atomic E-state index is -0.528. The van der Waals surface area contributed by atoms with Gasteiger partial charge in [-0.1, -0.05) is 12.1 Å². The molecule has 1 N–H and O–H groups in total. The summed E-state index contributed by atoms with van der Waals surface area (Å²) >= 11 is 0. The van der Waals surface area contributed by atoms with Crippen LogP contribution in [0.1, 0.15) is 22.7 Å². The van der Waals surface area contributed by atoms with Gasteiger partial charge in [0.2, 0.25) is 0 Å². The summed E-state index contributed by atoms with van der Waals surface area (Å²) in [5.74, 6) is -1.06. The first-order chi connectivity index (χ1) is 8.63. The van der Waals surface area contributed by atoms with Crippen molar-refractivity contribution in [3.8, 4) is 0 Å². The fourth-order valence-electron chi connectivity index (χ4n) is 2.53. The van der Waals surface area contributed by atoms with Gasteiger partial charge in [-0.25, -0.2) is 8.78 Å². The molecule has 1 nitrogen and oxygen atoms in total. The molecule has 1 heterocycles. The SMILES string of the molecule is Cc1cccc2c1CC(c1cc(F)cc(F)c1)N2. The van der Waals surface area contributed by atoms with Gasteiger partial charge in [0.15, 0.2) is 0 Å². The largest absolute Gasteiger partial charge is 0.378 e. The van der Waals surface area contributed by atoms with E-state index in [1.54, 1.807) is 0 Å². The Bertz CT molecular complexity index is 587. The van der Waals surface area contributed by atoms with Crippen LogP contribution in [0.15, 0.2) is 36.4 Å². The first-order valence-electron chi connectivity index (χ1n) is 5.94. The Balaban J connectivity index is 1.96. The molecule has 0 bridgehead atoms. The minimum Gasteiger partial charge on any atom is -0.378 e. The summed E-state index contributed by atoms with van der Waals surface area (Å²) in [5, 5.41) is 3.31. The molecule has 1 aliphatic heterocycles. The van der Waals surface area contributed by atoms with Crippen molar-refractivity contribution in [1.82, 2.24) is 0 Å². The molecule has 0 aliphatic carbocycles. The Morgan fingerprint density at radius 1 is 1.11 bits per heavy atom. The van der Waals surface area contributed by atoms with Gasteiger partial charge < -0.3 is 5.32 Å². The number of halogens is 2. The maximum Gasteiger partial charge on any atom is 0.126 e. The Morgan fingerprint density at radius 3 is 2.50 bits per heavy atom. The van der Waals surface area contributed by atoms with Crippen molar-refractivity contribution in [1.29, 1.82) is 0 Å². The number of nitrogens with one attached hydrogen (secondary N) is 1. The lowest BCUT2D eigenvalue weighted by atomic mass is 10.00. The van der Waals surface area contributed by atoms with E-state index in [1.165, 1.54) is 23.3 Å². The highest BCUT2D eigenvalue weighted by molar-refractivity contribution is 5.60. The van der Waals surface area contributed by atoms with Crippen LogP contribution in [0, 0.1) is 18.6 Å². The van der Waals surface area contributed by atoms with Crippen LogP contribution in [-0.2, 0) is 6.42 Å². The third kappa shape index (κ3) is 1.86. The zero-order valence-corrected chi connectivity index (χ0v) is 10.0.